The van der Waals surface area contributed by atoms with Crippen molar-refractivity contribution in [3.63, 3.8) is 0 Å². The fourth-order valence-corrected chi connectivity index (χ4v) is 1.95. The number of halogens is 1. The van der Waals surface area contributed by atoms with E-state index in [0.29, 0.717) is 18.7 Å². The number of amides is 1. The minimum atomic E-state index is -1.08. The average molecular weight is 340 g/mol. The molecule has 0 aliphatic heterocycles. The maximum absolute atomic E-state index is 13.6. The van der Waals surface area contributed by atoms with Crippen LogP contribution in [0.1, 0.15) is 49.5 Å². The first-order chi connectivity index (χ1) is 11.2. The van der Waals surface area contributed by atoms with Crippen LogP contribution in [0.15, 0.2) is 18.2 Å². The molecule has 0 radical (unpaired) electrons. The molecule has 6 nitrogen and oxygen atoms in total. The lowest BCUT2D eigenvalue weighted by molar-refractivity contribution is 0.0526. The van der Waals surface area contributed by atoms with Crippen molar-refractivity contribution < 1.29 is 23.8 Å². The number of carbonyl (C=O) groups excluding carboxylic acids is 1. The second kappa shape index (κ2) is 9.22. The molecule has 0 atom stereocenters. The molecule has 1 rings (SSSR count). The maximum atomic E-state index is 13.6. The zero-order chi connectivity index (χ0) is 18.2. The van der Waals surface area contributed by atoms with Crippen LogP contribution in [-0.4, -0.2) is 35.9 Å². The van der Waals surface area contributed by atoms with Crippen molar-refractivity contribution >= 4 is 12.1 Å². The minimum absolute atomic E-state index is 0.0646. The molecule has 0 fully saturated rings. The number of ether oxygens (including phenoxy) is 1. The Morgan fingerprint density at radius 2 is 1.88 bits per heavy atom. The molecule has 0 aliphatic carbocycles. The second-order valence-electron chi connectivity index (χ2n) is 6.42. The van der Waals surface area contributed by atoms with E-state index in [1.165, 1.54) is 12.1 Å². The van der Waals surface area contributed by atoms with E-state index in [-0.39, 0.29) is 12.1 Å². The molecule has 134 valence electrons. The van der Waals surface area contributed by atoms with E-state index < -0.39 is 23.5 Å². The summed E-state index contributed by atoms with van der Waals surface area (Å²) in [6, 6.07) is 3.73. The summed E-state index contributed by atoms with van der Waals surface area (Å²) in [7, 11) is 0. The number of aromatic carboxylic acids is 1. The van der Waals surface area contributed by atoms with Crippen LogP contribution in [0.3, 0.4) is 0 Å². The van der Waals surface area contributed by atoms with Gasteiger partial charge < -0.3 is 20.5 Å². The normalized spacial score (nSPS) is 11.2. The Morgan fingerprint density at radius 1 is 1.21 bits per heavy atom. The molecule has 0 bridgehead atoms. The summed E-state index contributed by atoms with van der Waals surface area (Å²) in [6.07, 6.45) is 1.10. The number of hydrogen-bond donors (Lipinski definition) is 3. The van der Waals surface area contributed by atoms with Gasteiger partial charge in [-0.15, -0.1) is 0 Å². The van der Waals surface area contributed by atoms with Crippen LogP contribution >= 0.6 is 0 Å². The van der Waals surface area contributed by atoms with Gasteiger partial charge in [-0.25, -0.2) is 14.0 Å². The highest BCUT2D eigenvalue weighted by Crippen LogP contribution is 2.10. The number of carboxylic acid groups (broad SMARTS) is 1. The first-order valence-electron chi connectivity index (χ1n) is 7.88. The van der Waals surface area contributed by atoms with Crippen LogP contribution in [0, 0.1) is 5.82 Å². The van der Waals surface area contributed by atoms with Crippen molar-refractivity contribution in [3.05, 3.63) is 35.1 Å². The summed E-state index contributed by atoms with van der Waals surface area (Å²) in [6.45, 7) is 6.79. The minimum Gasteiger partial charge on any atom is -0.478 e. The van der Waals surface area contributed by atoms with Crippen molar-refractivity contribution in [1.29, 1.82) is 0 Å². The van der Waals surface area contributed by atoms with Crippen LogP contribution in [0.2, 0.25) is 0 Å². The number of carboxylic acids is 1. The molecule has 0 unspecified atom stereocenters. The van der Waals surface area contributed by atoms with Crippen molar-refractivity contribution in [3.8, 4) is 0 Å². The molecule has 0 heterocycles. The highest BCUT2D eigenvalue weighted by atomic mass is 19.1. The van der Waals surface area contributed by atoms with Crippen LogP contribution in [0.5, 0.6) is 0 Å². The standard InChI is InChI=1S/C17H25FN2O4/c1-17(2,3)24-16(23)20-9-5-4-8-19-11-13-10-12(15(21)22)6-7-14(13)18/h6-7,10,19H,4-5,8-9,11H2,1-3H3,(H,20,23)(H,21,22). The quantitative estimate of drug-likeness (QED) is 0.633. The third-order valence-electron chi connectivity index (χ3n) is 3.06. The average Bonchev–Trinajstić information content (AvgIpc) is 2.45. The van der Waals surface area contributed by atoms with Crippen LogP contribution in [0.25, 0.3) is 0 Å². The van der Waals surface area contributed by atoms with Gasteiger partial charge in [0.15, 0.2) is 0 Å². The Kier molecular flexibility index (Phi) is 7.64. The Labute approximate surface area is 141 Å². The van der Waals surface area contributed by atoms with Crippen molar-refractivity contribution in [2.24, 2.45) is 0 Å². The van der Waals surface area contributed by atoms with E-state index in [2.05, 4.69) is 10.6 Å². The molecule has 1 amide bonds. The van der Waals surface area contributed by atoms with Gasteiger partial charge in [0.2, 0.25) is 0 Å². The number of carbonyl (C=O) groups is 2. The fourth-order valence-electron chi connectivity index (χ4n) is 1.95. The SMILES string of the molecule is CC(C)(C)OC(=O)NCCCCNCc1cc(C(=O)O)ccc1F. The second-order valence-corrected chi connectivity index (χ2v) is 6.42. The predicted octanol–water partition coefficient (Wildman–Crippen LogP) is 2.92. The number of nitrogens with one attached hydrogen (secondary N) is 2. The van der Waals surface area contributed by atoms with Gasteiger partial charge in [0.1, 0.15) is 11.4 Å². The van der Waals surface area contributed by atoms with Gasteiger partial charge in [-0.2, -0.15) is 0 Å². The third-order valence-corrected chi connectivity index (χ3v) is 3.06. The Balaban J connectivity index is 2.20. The molecule has 1 aromatic carbocycles. The summed E-state index contributed by atoms with van der Waals surface area (Å²) in [5.74, 6) is -1.51. The number of alkyl carbamates (subject to hydrolysis) is 1. The van der Waals surface area contributed by atoms with Gasteiger partial charge >= 0.3 is 12.1 Å². The third kappa shape index (κ3) is 7.92. The molecule has 1 aromatic rings. The molecule has 0 saturated carbocycles. The predicted molar refractivity (Wildman–Crippen MR) is 88.5 cm³/mol. The van der Waals surface area contributed by atoms with Gasteiger partial charge in [-0.3, -0.25) is 0 Å². The number of hydrogen-bond acceptors (Lipinski definition) is 4. The molecule has 0 aliphatic rings. The van der Waals surface area contributed by atoms with Crippen LogP contribution in [0.4, 0.5) is 9.18 Å². The van der Waals surface area contributed by atoms with Crippen LogP contribution < -0.4 is 10.6 Å². The number of benzene rings is 1. The first kappa shape index (κ1) is 19.9. The zero-order valence-corrected chi connectivity index (χ0v) is 14.3. The monoisotopic (exact) mass is 340 g/mol. The summed E-state index contributed by atoms with van der Waals surface area (Å²) in [5.41, 5.74) is -0.128. The van der Waals surface area contributed by atoms with E-state index >= 15 is 0 Å². The van der Waals surface area contributed by atoms with E-state index in [4.69, 9.17) is 9.84 Å². The van der Waals surface area contributed by atoms with E-state index in [1.807, 2.05) is 0 Å². The van der Waals surface area contributed by atoms with Crippen LogP contribution in [-0.2, 0) is 11.3 Å². The molecule has 0 aromatic heterocycles. The van der Waals surface area contributed by atoms with E-state index in [9.17, 15) is 14.0 Å². The van der Waals surface area contributed by atoms with Crippen molar-refractivity contribution in [2.75, 3.05) is 13.1 Å². The van der Waals surface area contributed by atoms with Gasteiger partial charge in [-0.1, -0.05) is 0 Å². The summed E-state index contributed by atoms with van der Waals surface area (Å²) < 4.78 is 18.7. The summed E-state index contributed by atoms with van der Waals surface area (Å²) in [5, 5.41) is 14.6. The molecule has 7 heteroatoms. The number of rotatable bonds is 8. The maximum Gasteiger partial charge on any atom is 0.407 e. The zero-order valence-electron chi connectivity index (χ0n) is 14.3. The topological polar surface area (TPSA) is 87.7 Å². The van der Waals surface area contributed by atoms with Gasteiger partial charge in [0.25, 0.3) is 0 Å². The molecular formula is C17H25FN2O4. The lowest BCUT2D eigenvalue weighted by Crippen LogP contribution is -2.33. The van der Waals surface area contributed by atoms with E-state index in [1.54, 1.807) is 20.8 Å². The van der Waals surface area contributed by atoms with Gasteiger partial charge in [0.05, 0.1) is 5.56 Å². The molecule has 3 N–H and O–H groups in total. The highest BCUT2D eigenvalue weighted by molar-refractivity contribution is 5.87. The summed E-state index contributed by atoms with van der Waals surface area (Å²) in [4.78, 5) is 22.3. The Hall–Kier alpha value is -2.15. The highest BCUT2D eigenvalue weighted by Gasteiger charge is 2.15. The van der Waals surface area contributed by atoms with Gasteiger partial charge in [-0.05, 0) is 58.4 Å². The summed E-state index contributed by atoms with van der Waals surface area (Å²) >= 11 is 0. The van der Waals surface area contributed by atoms with Crippen molar-refractivity contribution in [1.82, 2.24) is 10.6 Å². The molecular weight excluding hydrogens is 315 g/mol. The Bertz CT molecular complexity index is 570. The molecule has 0 saturated heterocycles. The van der Waals surface area contributed by atoms with Gasteiger partial charge in [0, 0.05) is 18.7 Å². The largest absolute Gasteiger partial charge is 0.478 e. The molecule has 0 spiro atoms. The fraction of sp³-hybridized carbons (Fsp3) is 0.529. The first-order valence-corrected chi connectivity index (χ1v) is 7.88. The molecule has 24 heavy (non-hydrogen) atoms. The smallest absolute Gasteiger partial charge is 0.407 e. The number of unbranched alkanes of at least 4 members (excludes halogenated alkanes) is 1. The lowest BCUT2D eigenvalue weighted by atomic mass is 10.1. The van der Waals surface area contributed by atoms with Crippen molar-refractivity contribution in [2.45, 2.75) is 45.8 Å². The van der Waals surface area contributed by atoms with E-state index in [0.717, 1.165) is 18.9 Å². The lowest BCUT2D eigenvalue weighted by Gasteiger charge is -2.19. The Morgan fingerprint density at radius 3 is 2.50 bits per heavy atom.